The smallest absolute Gasteiger partial charge is 0.178 e. The second-order valence-electron chi connectivity index (χ2n) is 10.8. The molecule has 0 aromatic heterocycles. The number of hydrogen-bond donors (Lipinski definition) is 11. The highest BCUT2D eigenvalue weighted by Crippen LogP contribution is 2.39. The van der Waals surface area contributed by atoms with Gasteiger partial charge in [0.2, 0.25) is 0 Å². The van der Waals surface area contributed by atoms with Crippen molar-refractivity contribution in [2.45, 2.75) is 117 Å². The highest BCUT2D eigenvalue weighted by atomic mass is 16.8. The zero-order chi connectivity index (χ0) is 27.9. The summed E-state index contributed by atoms with van der Waals surface area (Å²) in [5.74, 6) is 0. The minimum Gasteiger partial charge on any atom is -0.394 e. The predicted octanol–water partition coefficient (Wildman–Crippen LogP) is -6.59. The van der Waals surface area contributed by atoms with Gasteiger partial charge in [0.25, 0.3) is 0 Å². The first-order valence-corrected chi connectivity index (χ1v) is 13.0. The summed E-state index contributed by atoms with van der Waals surface area (Å²) in [5, 5.41) is 55.0. The molecular weight excluding hydrogens is 508 g/mol. The van der Waals surface area contributed by atoms with Crippen molar-refractivity contribution < 1.29 is 49.2 Å². The average molecular weight is 553 g/mol. The van der Waals surface area contributed by atoms with Crippen LogP contribution in [0.15, 0.2) is 0 Å². The van der Waals surface area contributed by atoms with Crippen molar-refractivity contribution in [3.63, 3.8) is 0 Å². The van der Waals surface area contributed by atoms with E-state index in [0.29, 0.717) is 12.8 Å². The SMILES string of the molecule is CNC1C(O[C@H]2OC(CO)[C@@H](N)C(O)C2N)OCC2(CCC(N)[C@@H](O[C@@H]3C(N)C[C@@H](N)C(O)C3O)O2)C1O. The van der Waals surface area contributed by atoms with Gasteiger partial charge in [-0.2, -0.15) is 0 Å². The number of nitrogens with one attached hydrogen (secondary N) is 1. The number of nitrogens with two attached hydrogens (primary N) is 5. The minimum absolute atomic E-state index is 0.121. The van der Waals surface area contributed by atoms with Gasteiger partial charge in [-0.15, -0.1) is 0 Å². The van der Waals surface area contributed by atoms with Gasteiger partial charge in [-0.1, -0.05) is 0 Å². The lowest BCUT2D eigenvalue weighted by Gasteiger charge is -2.53. The van der Waals surface area contributed by atoms with E-state index in [0.717, 1.165) is 0 Å². The summed E-state index contributed by atoms with van der Waals surface area (Å²) in [4.78, 5) is 0. The molecule has 16 heteroatoms. The zero-order valence-corrected chi connectivity index (χ0v) is 21.4. The summed E-state index contributed by atoms with van der Waals surface area (Å²) < 4.78 is 29.7. The molecule has 0 bridgehead atoms. The summed E-state index contributed by atoms with van der Waals surface area (Å²) in [5.41, 5.74) is 28.9. The fourth-order valence-corrected chi connectivity index (χ4v) is 5.72. The molecule has 11 unspecified atom stereocenters. The molecule has 4 rings (SSSR count). The molecule has 1 saturated carbocycles. The number of likely N-dealkylation sites (N-methyl/N-ethyl adjacent to an activating group) is 1. The maximum Gasteiger partial charge on any atom is 0.178 e. The second kappa shape index (κ2) is 12.1. The van der Waals surface area contributed by atoms with Crippen molar-refractivity contribution in [3.8, 4) is 0 Å². The molecule has 1 spiro atoms. The van der Waals surface area contributed by atoms with Crippen LogP contribution < -0.4 is 34.0 Å². The van der Waals surface area contributed by atoms with Crippen LogP contribution in [0.25, 0.3) is 0 Å². The Labute approximate surface area is 220 Å². The Hall–Kier alpha value is -0.640. The number of rotatable bonds is 6. The van der Waals surface area contributed by atoms with E-state index in [1.54, 1.807) is 7.05 Å². The van der Waals surface area contributed by atoms with E-state index < -0.39 is 104 Å². The molecule has 0 aromatic carbocycles. The topological polar surface area (TPSA) is 289 Å². The predicted molar refractivity (Wildman–Crippen MR) is 130 cm³/mol. The largest absolute Gasteiger partial charge is 0.394 e. The van der Waals surface area contributed by atoms with E-state index in [9.17, 15) is 25.5 Å². The van der Waals surface area contributed by atoms with Gasteiger partial charge in [0, 0.05) is 12.1 Å². The third-order valence-corrected chi connectivity index (χ3v) is 8.27. The maximum absolute atomic E-state index is 11.4. The molecule has 0 amide bonds. The fraction of sp³-hybridized carbons (Fsp3) is 1.00. The van der Waals surface area contributed by atoms with Crippen LogP contribution in [-0.4, -0.2) is 143 Å². The summed E-state index contributed by atoms with van der Waals surface area (Å²) in [6.07, 6.45) is -9.21. The Balaban J connectivity index is 1.45. The summed E-state index contributed by atoms with van der Waals surface area (Å²) >= 11 is 0. The van der Waals surface area contributed by atoms with Crippen LogP contribution in [0, 0.1) is 0 Å². The average Bonchev–Trinajstić information content (AvgIpc) is 2.89. The number of hydrogen-bond acceptors (Lipinski definition) is 16. The van der Waals surface area contributed by atoms with Gasteiger partial charge in [-0.05, 0) is 26.3 Å². The molecule has 4 fully saturated rings. The molecule has 16 atom stereocenters. The highest BCUT2D eigenvalue weighted by Gasteiger charge is 2.56. The number of ether oxygens (including phenoxy) is 5. The van der Waals surface area contributed by atoms with Crippen molar-refractivity contribution >= 4 is 0 Å². The standard InChI is InChI=1S/C22H44N6O10/c1-28-13-18(33)22(6-34-21(13)37-20-12(27)15(31)11(26)10(5-29)35-20)3-2-7(23)19(38-22)36-17-9(25)4-8(24)14(30)16(17)32/h7-21,28-33H,2-6,23-27H2,1H3/t7?,8-,9?,10?,11-,12?,13?,14?,15?,16?,17-,18?,19+,20-,21?,22?/m1/s1. The van der Waals surface area contributed by atoms with E-state index >= 15 is 0 Å². The molecule has 16 nitrogen and oxygen atoms in total. The first-order valence-electron chi connectivity index (χ1n) is 13.0. The molecule has 3 heterocycles. The summed E-state index contributed by atoms with van der Waals surface area (Å²) in [6, 6.07) is -4.73. The van der Waals surface area contributed by atoms with Crippen LogP contribution in [0.1, 0.15) is 19.3 Å². The van der Waals surface area contributed by atoms with Crippen LogP contribution >= 0.6 is 0 Å². The fourth-order valence-electron chi connectivity index (χ4n) is 5.72. The Bertz CT molecular complexity index is 789. The van der Waals surface area contributed by atoms with Gasteiger partial charge < -0.3 is 83.2 Å². The van der Waals surface area contributed by atoms with Crippen LogP contribution in [-0.2, 0) is 23.7 Å². The van der Waals surface area contributed by atoms with E-state index in [1.807, 2.05) is 0 Å². The first kappa shape index (κ1) is 30.3. The summed E-state index contributed by atoms with van der Waals surface area (Å²) in [6.45, 7) is -0.570. The first-order chi connectivity index (χ1) is 17.9. The molecule has 16 N–H and O–H groups in total. The van der Waals surface area contributed by atoms with Gasteiger partial charge in [0.15, 0.2) is 18.9 Å². The van der Waals surface area contributed by atoms with Gasteiger partial charge in [0.1, 0.15) is 30.0 Å². The Morgan fingerprint density at radius 3 is 2.24 bits per heavy atom. The molecular formula is C22H44N6O10. The molecule has 222 valence electrons. The third kappa shape index (κ3) is 5.60. The van der Waals surface area contributed by atoms with E-state index in [1.165, 1.54) is 0 Å². The normalized spacial score (nSPS) is 54.2. The minimum atomic E-state index is -1.34. The van der Waals surface area contributed by atoms with Crippen molar-refractivity contribution in [1.29, 1.82) is 0 Å². The Kier molecular flexibility index (Phi) is 9.63. The molecule has 3 saturated heterocycles. The Morgan fingerprint density at radius 2 is 1.58 bits per heavy atom. The molecule has 4 aliphatic rings. The second-order valence-corrected chi connectivity index (χ2v) is 10.8. The van der Waals surface area contributed by atoms with Crippen molar-refractivity contribution in [1.82, 2.24) is 5.32 Å². The van der Waals surface area contributed by atoms with Crippen molar-refractivity contribution in [2.75, 3.05) is 20.3 Å². The lowest BCUT2D eigenvalue weighted by molar-refractivity contribution is -0.364. The van der Waals surface area contributed by atoms with Crippen LogP contribution in [0.4, 0.5) is 0 Å². The molecule has 38 heavy (non-hydrogen) atoms. The molecule has 3 aliphatic heterocycles. The monoisotopic (exact) mass is 552 g/mol. The van der Waals surface area contributed by atoms with Gasteiger partial charge >= 0.3 is 0 Å². The van der Waals surface area contributed by atoms with Crippen molar-refractivity contribution in [3.05, 3.63) is 0 Å². The van der Waals surface area contributed by atoms with E-state index in [4.69, 9.17) is 52.4 Å². The maximum atomic E-state index is 11.4. The Morgan fingerprint density at radius 1 is 0.868 bits per heavy atom. The molecule has 0 aromatic rings. The van der Waals surface area contributed by atoms with Crippen molar-refractivity contribution in [2.24, 2.45) is 28.7 Å². The van der Waals surface area contributed by atoms with Crippen LogP contribution in [0.3, 0.4) is 0 Å². The van der Waals surface area contributed by atoms with Gasteiger partial charge in [0.05, 0.1) is 49.6 Å². The number of aliphatic hydroxyl groups is 5. The molecule has 0 radical (unpaired) electrons. The lowest BCUT2D eigenvalue weighted by atomic mass is 9.81. The quantitative estimate of drug-likeness (QED) is 0.146. The van der Waals surface area contributed by atoms with Gasteiger partial charge in [-0.3, -0.25) is 0 Å². The van der Waals surface area contributed by atoms with Gasteiger partial charge in [-0.25, -0.2) is 0 Å². The zero-order valence-electron chi connectivity index (χ0n) is 21.4. The number of aliphatic hydroxyl groups excluding tert-OH is 5. The lowest BCUT2D eigenvalue weighted by Crippen LogP contribution is -2.72. The van der Waals surface area contributed by atoms with E-state index in [2.05, 4.69) is 5.32 Å². The highest BCUT2D eigenvalue weighted by molar-refractivity contribution is 5.05. The molecule has 1 aliphatic carbocycles. The van der Waals surface area contributed by atoms with Crippen LogP contribution in [0.5, 0.6) is 0 Å². The third-order valence-electron chi connectivity index (χ3n) is 8.27. The van der Waals surface area contributed by atoms with Crippen LogP contribution in [0.2, 0.25) is 0 Å². The van der Waals surface area contributed by atoms with E-state index in [-0.39, 0.29) is 13.0 Å². The summed E-state index contributed by atoms with van der Waals surface area (Å²) in [7, 11) is 1.60.